The Morgan fingerprint density at radius 1 is 1.55 bits per heavy atom. The summed E-state index contributed by atoms with van der Waals surface area (Å²) in [6.07, 6.45) is 0. The van der Waals surface area contributed by atoms with Crippen molar-refractivity contribution in [3.63, 3.8) is 0 Å². The maximum Gasteiger partial charge on any atom is 0.318 e. The minimum atomic E-state index is 0.352. The van der Waals surface area contributed by atoms with Crippen molar-refractivity contribution < 1.29 is 4.74 Å². The molecule has 4 nitrogen and oxygen atoms in total. The molecule has 0 aliphatic rings. The summed E-state index contributed by atoms with van der Waals surface area (Å²) >= 11 is 0. The van der Waals surface area contributed by atoms with Crippen LogP contribution in [0.25, 0.3) is 0 Å². The molecule has 1 aromatic rings. The van der Waals surface area contributed by atoms with Gasteiger partial charge in [0.1, 0.15) is 5.82 Å². The molecular weight excluding hydrogens is 142 g/mol. The van der Waals surface area contributed by atoms with E-state index in [1.165, 1.54) is 0 Å². The fourth-order valence-corrected chi connectivity index (χ4v) is 0.759. The molecule has 0 aromatic carbocycles. The SMILES string of the molecule is CCOc1nc(C)cc(N)n1. The highest BCUT2D eigenvalue weighted by Gasteiger charge is 1.97. The number of aryl methyl sites for hydroxylation is 1. The Labute approximate surface area is 65.4 Å². The van der Waals surface area contributed by atoms with E-state index in [1.54, 1.807) is 6.07 Å². The van der Waals surface area contributed by atoms with Crippen molar-refractivity contribution >= 4 is 5.82 Å². The van der Waals surface area contributed by atoms with Crippen molar-refractivity contribution in [1.29, 1.82) is 0 Å². The minimum absolute atomic E-state index is 0.352. The molecular formula is C7H11N3O. The first kappa shape index (κ1) is 7.78. The molecule has 1 rings (SSSR count). The van der Waals surface area contributed by atoms with Crippen LogP contribution in [-0.2, 0) is 0 Å². The van der Waals surface area contributed by atoms with Crippen molar-refractivity contribution in [2.75, 3.05) is 12.3 Å². The molecule has 1 heterocycles. The topological polar surface area (TPSA) is 61.0 Å². The van der Waals surface area contributed by atoms with Gasteiger partial charge in [0.05, 0.1) is 6.61 Å². The largest absolute Gasteiger partial charge is 0.464 e. The summed E-state index contributed by atoms with van der Waals surface area (Å²) in [6.45, 7) is 4.28. The van der Waals surface area contributed by atoms with Crippen LogP contribution in [0.5, 0.6) is 6.01 Å². The number of ether oxygens (including phenoxy) is 1. The Bertz CT molecular complexity index is 229. The van der Waals surface area contributed by atoms with E-state index < -0.39 is 0 Å². The molecule has 60 valence electrons. The lowest BCUT2D eigenvalue weighted by molar-refractivity contribution is 0.312. The zero-order valence-corrected chi connectivity index (χ0v) is 6.66. The fourth-order valence-electron chi connectivity index (χ4n) is 0.759. The highest BCUT2D eigenvalue weighted by molar-refractivity contribution is 5.30. The van der Waals surface area contributed by atoms with Crippen molar-refractivity contribution in [2.45, 2.75) is 13.8 Å². The lowest BCUT2D eigenvalue weighted by Crippen LogP contribution is -2.01. The third-order valence-corrected chi connectivity index (χ3v) is 1.13. The average Bonchev–Trinajstić information content (AvgIpc) is 1.85. The van der Waals surface area contributed by atoms with Gasteiger partial charge in [-0.25, -0.2) is 4.98 Å². The van der Waals surface area contributed by atoms with Crippen molar-refractivity contribution in [3.8, 4) is 6.01 Å². The van der Waals surface area contributed by atoms with Gasteiger partial charge in [-0.15, -0.1) is 0 Å². The smallest absolute Gasteiger partial charge is 0.318 e. The molecule has 11 heavy (non-hydrogen) atoms. The molecule has 0 spiro atoms. The van der Waals surface area contributed by atoms with Gasteiger partial charge in [0.15, 0.2) is 0 Å². The van der Waals surface area contributed by atoms with Gasteiger partial charge in [0, 0.05) is 11.8 Å². The standard InChI is InChI=1S/C7H11N3O/c1-3-11-7-9-5(2)4-6(8)10-7/h4H,3H2,1-2H3,(H2,8,9,10). The van der Waals surface area contributed by atoms with Crippen LogP contribution in [0.1, 0.15) is 12.6 Å². The van der Waals surface area contributed by atoms with E-state index in [2.05, 4.69) is 9.97 Å². The predicted molar refractivity (Wildman–Crippen MR) is 42.4 cm³/mol. The van der Waals surface area contributed by atoms with Crippen LogP contribution < -0.4 is 10.5 Å². The first-order chi connectivity index (χ1) is 5.22. The first-order valence-electron chi connectivity index (χ1n) is 3.46. The molecule has 2 N–H and O–H groups in total. The number of aromatic nitrogens is 2. The second kappa shape index (κ2) is 3.18. The number of nitrogens with zero attached hydrogens (tertiary/aromatic N) is 2. The third kappa shape index (κ3) is 2.07. The van der Waals surface area contributed by atoms with E-state index in [1.807, 2.05) is 13.8 Å². The Hall–Kier alpha value is -1.32. The number of rotatable bonds is 2. The van der Waals surface area contributed by atoms with Crippen molar-refractivity contribution in [1.82, 2.24) is 9.97 Å². The molecule has 0 unspecified atom stereocenters. The summed E-state index contributed by atoms with van der Waals surface area (Å²) in [6, 6.07) is 2.05. The van der Waals surface area contributed by atoms with Gasteiger partial charge in [-0.1, -0.05) is 0 Å². The monoisotopic (exact) mass is 153 g/mol. The summed E-state index contributed by atoms with van der Waals surface area (Å²) in [7, 11) is 0. The van der Waals surface area contributed by atoms with E-state index in [-0.39, 0.29) is 0 Å². The Morgan fingerprint density at radius 3 is 2.82 bits per heavy atom. The Balaban J connectivity index is 2.89. The third-order valence-electron chi connectivity index (χ3n) is 1.13. The maximum atomic E-state index is 5.46. The van der Waals surface area contributed by atoms with E-state index >= 15 is 0 Å². The van der Waals surface area contributed by atoms with Crippen molar-refractivity contribution in [3.05, 3.63) is 11.8 Å². The zero-order valence-electron chi connectivity index (χ0n) is 6.66. The van der Waals surface area contributed by atoms with Crippen LogP contribution in [0.2, 0.25) is 0 Å². The molecule has 0 atom stereocenters. The minimum Gasteiger partial charge on any atom is -0.464 e. The van der Waals surface area contributed by atoms with Crippen molar-refractivity contribution in [2.24, 2.45) is 0 Å². The summed E-state index contributed by atoms with van der Waals surface area (Å²) in [4.78, 5) is 7.88. The molecule has 0 radical (unpaired) electrons. The van der Waals surface area contributed by atoms with E-state index in [0.29, 0.717) is 18.4 Å². The highest BCUT2D eigenvalue weighted by Crippen LogP contribution is 2.07. The van der Waals surface area contributed by atoms with E-state index in [0.717, 1.165) is 5.69 Å². The summed E-state index contributed by atoms with van der Waals surface area (Å²) < 4.78 is 5.07. The summed E-state index contributed by atoms with van der Waals surface area (Å²) in [5.41, 5.74) is 6.28. The average molecular weight is 153 g/mol. The Kier molecular flexibility index (Phi) is 2.25. The molecule has 0 saturated carbocycles. The van der Waals surface area contributed by atoms with Gasteiger partial charge < -0.3 is 10.5 Å². The maximum absolute atomic E-state index is 5.46. The molecule has 0 aliphatic heterocycles. The number of nitrogens with two attached hydrogens (primary N) is 1. The van der Waals surface area contributed by atoms with Crippen LogP contribution in [0.3, 0.4) is 0 Å². The summed E-state index contributed by atoms with van der Waals surface area (Å²) in [5.74, 6) is 0.445. The highest BCUT2D eigenvalue weighted by atomic mass is 16.5. The van der Waals surface area contributed by atoms with Crippen LogP contribution in [-0.4, -0.2) is 16.6 Å². The van der Waals surface area contributed by atoms with Gasteiger partial charge >= 0.3 is 6.01 Å². The molecule has 0 amide bonds. The number of nitrogen functional groups attached to an aromatic ring is 1. The fraction of sp³-hybridized carbons (Fsp3) is 0.429. The van der Waals surface area contributed by atoms with E-state index in [9.17, 15) is 0 Å². The quantitative estimate of drug-likeness (QED) is 0.681. The molecule has 4 heteroatoms. The van der Waals surface area contributed by atoms with Gasteiger partial charge in [0.2, 0.25) is 0 Å². The number of hydrogen-bond donors (Lipinski definition) is 1. The molecule has 0 aliphatic carbocycles. The van der Waals surface area contributed by atoms with Crippen LogP contribution in [0.4, 0.5) is 5.82 Å². The molecule has 0 saturated heterocycles. The predicted octanol–water partition coefficient (Wildman–Crippen LogP) is 0.766. The zero-order chi connectivity index (χ0) is 8.27. The summed E-state index contributed by atoms with van der Waals surface area (Å²) in [5, 5.41) is 0. The second-order valence-corrected chi connectivity index (χ2v) is 2.15. The molecule has 0 fully saturated rings. The van der Waals surface area contributed by atoms with E-state index in [4.69, 9.17) is 10.5 Å². The number of anilines is 1. The second-order valence-electron chi connectivity index (χ2n) is 2.15. The van der Waals surface area contributed by atoms with Crippen LogP contribution >= 0.6 is 0 Å². The number of hydrogen-bond acceptors (Lipinski definition) is 4. The first-order valence-corrected chi connectivity index (χ1v) is 3.46. The molecule has 0 bridgehead atoms. The van der Waals surface area contributed by atoms with Gasteiger partial charge in [-0.05, 0) is 13.8 Å². The van der Waals surface area contributed by atoms with Crippen LogP contribution in [0, 0.1) is 6.92 Å². The normalized spacial score (nSPS) is 9.64. The Morgan fingerprint density at radius 2 is 2.27 bits per heavy atom. The van der Waals surface area contributed by atoms with Gasteiger partial charge in [0.25, 0.3) is 0 Å². The lowest BCUT2D eigenvalue weighted by Gasteiger charge is -2.01. The lowest BCUT2D eigenvalue weighted by atomic mass is 10.4. The van der Waals surface area contributed by atoms with Gasteiger partial charge in [-0.2, -0.15) is 4.98 Å². The molecule has 1 aromatic heterocycles. The van der Waals surface area contributed by atoms with Gasteiger partial charge in [-0.3, -0.25) is 0 Å². The van der Waals surface area contributed by atoms with Crippen LogP contribution in [0.15, 0.2) is 6.07 Å².